The van der Waals surface area contributed by atoms with Gasteiger partial charge in [0.2, 0.25) is 0 Å². The summed E-state index contributed by atoms with van der Waals surface area (Å²) in [5, 5.41) is 7.18. The van der Waals surface area contributed by atoms with Gasteiger partial charge in [-0.25, -0.2) is 0 Å². The lowest BCUT2D eigenvalue weighted by Crippen LogP contribution is -2.28. The normalized spacial score (nSPS) is 13.1. The Morgan fingerprint density at radius 1 is 0.358 bits per heavy atom. The van der Waals surface area contributed by atoms with Crippen LogP contribution in [0.25, 0.3) is 54.6 Å². The summed E-state index contributed by atoms with van der Waals surface area (Å²) in [5.74, 6) is 0. The van der Waals surface area contributed by atoms with Crippen molar-refractivity contribution in [2.75, 3.05) is 4.90 Å². The van der Waals surface area contributed by atoms with Gasteiger partial charge in [-0.3, -0.25) is 0 Å². The molecule has 0 unspecified atom stereocenters. The van der Waals surface area contributed by atoms with Crippen LogP contribution in [0.1, 0.15) is 22.3 Å². The SMILES string of the molecule is c1ccc(N(c2ccc3c(c2)oc2ccccc23)c2cc3c(c4ccccc24)-c2c(ccc4ccccc24)C3(c2ccccc2)c2ccccc2)cc1. The van der Waals surface area contributed by atoms with E-state index in [2.05, 4.69) is 193 Å². The molecule has 0 saturated heterocycles. The number of hydrogen-bond acceptors (Lipinski definition) is 2. The first-order valence-corrected chi connectivity index (χ1v) is 18.3. The maximum Gasteiger partial charge on any atom is 0.137 e. The summed E-state index contributed by atoms with van der Waals surface area (Å²) in [7, 11) is 0. The number of para-hydroxylation sites is 2. The van der Waals surface area contributed by atoms with Gasteiger partial charge in [0.25, 0.3) is 0 Å². The summed E-state index contributed by atoms with van der Waals surface area (Å²) in [6, 6.07) is 72.9. The second-order valence-electron chi connectivity index (χ2n) is 14.0. The lowest BCUT2D eigenvalue weighted by molar-refractivity contribution is 0.669. The summed E-state index contributed by atoms with van der Waals surface area (Å²) >= 11 is 0. The van der Waals surface area contributed by atoms with Crippen LogP contribution in [-0.4, -0.2) is 0 Å². The highest BCUT2D eigenvalue weighted by molar-refractivity contribution is 6.16. The predicted molar refractivity (Wildman–Crippen MR) is 221 cm³/mol. The molecule has 0 atom stereocenters. The Kier molecular flexibility index (Phi) is 6.50. The molecule has 0 radical (unpaired) electrons. The number of benzene rings is 9. The predicted octanol–water partition coefficient (Wildman–Crippen LogP) is 13.7. The molecule has 248 valence electrons. The van der Waals surface area contributed by atoms with E-state index in [1.807, 2.05) is 12.1 Å². The van der Waals surface area contributed by atoms with Crippen molar-refractivity contribution < 1.29 is 4.42 Å². The Bertz CT molecular complexity index is 2960. The van der Waals surface area contributed by atoms with Gasteiger partial charge in [0, 0.05) is 33.6 Å². The summed E-state index contributed by atoms with van der Waals surface area (Å²) in [6.45, 7) is 0. The summed E-state index contributed by atoms with van der Waals surface area (Å²) in [5.41, 5.74) is 12.1. The fourth-order valence-electron chi connectivity index (χ4n) is 9.13. The molecule has 0 fully saturated rings. The van der Waals surface area contributed by atoms with Crippen molar-refractivity contribution in [1.82, 2.24) is 0 Å². The van der Waals surface area contributed by atoms with Crippen LogP contribution in [0, 0.1) is 0 Å². The van der Waals surface area contributed by atoms with E-state index in [9.17, 15) is 0 Å². The number of hydrogen-bond donors (Lipinski definition) is 0. The molecular weight excluding hydrogens is 643 g/mol. The minimum Gasteiger partial charge on any atom is -0.456 e. The zero-order valence-corrected chi connectivity index (χ0v) is 28.9. The first-order valence-electron chi connectivity index (χ1n) is 18.3. The number of furan rings is 1. The van der Waals surface area contributed by atoms with Gasteiger partial charge in [0.05, 0.1) is 11.1 Å². The van der Waals surface area contributed by atoms with Crippen molar-refractivity contribution in [3.05, 3.63) is 222 Å². The number of nitrogens with zero attached hydrogens (tertiary/aromatic N) is 1. The average molecular weight is 676 g/mol. The van der Waals surface area contributed by atoms with Gasteiger partial charge in [0.1, 0.15) is 11.2 Å². The highest BCUT2D eigenvalue weighted by atomic mass is 16.3. The third-order valence-corrected chi connectivity index (χ3v) is 11.3. The Labute approximate surface area is 307 Å². The molecular formula is C51H33NO. The van der Waals surface area contributed by atoms with E-state index in [-0.39, 0.29) is 0 Å². The van der Waals surface area contributed by atoms with E-state index in [4.69, 9.17) is 4.42 Å². The Hall–Kier alpha value is -6.90. The van der Waals surface area contributed by atoms with Crippen LogP contribution in [0.3, 0.4) is 0 Å². The van der Waals surface area contributed by atoms with Gasteiger partial charge in [-0.1, -0.05) is 158 Å². The third kappa shape index (κ3) is 4.27. The van der Waals surface area contributed by atoms with E-state index in [0.29, 0.717) is 0 Å². The molecule has 11 rings (SSSR count). The molecule has 0 amide bonds. The molecule has 1 aliphatic rings. The summed E-state index contributed by atoms with van der Waals surface area (Å²) in [4.78, 5) is 2.41. The van der Waals surface area contributed by atoms with E-state index in [1.54, 1.807) is 0 Å². The number of anilines is 3. The first kappa shape index (κ1) is 29.8. The molecule has 10 aromatic rings. The zero-order chi connectivity index (χ0) is 34.9. The lowest BCUT2D eigenvalue weighted by Gasteiger charge is -2.35. The second-order valence-corrected chi connectivity index (χ2v) is 14.0. The van der Waals surface area contributed by atoms with Gasteiger partial charge < -0.3 is 9.32 Å². The molecule has 1 aromatic heterocycles. The van der Waals surface area contributed by atoms with Gasteiger partial charge >= 0.3 is 0 Å². The van der Waals surface area contributed by atoms with Gasteiger partial charge in [-0.15, -0.1) is 0 Å². The minimum absolute atomic E-state index is 0.568. The molecule has 0 aliphatic heterocycles. The molecule has 2 heteroatoms. The molecule has 0 N–H and O–H groups in total. The van der Waals surface area contributed by atoms with Gasteiger partial charge in [0.15, 0.2) is 0 Å². The maximum absolute atomic E-state index is 6.48. The van der Waals surface area contributed by atoms with E-state index < -0.39 is 5.41 Å². The standard InChI is InChI=1S/C51H33NO/c1-4-17-35(18-5-1)51(36-19-6-2-7-20-36)44-31-28-34-16-10-11-23-39(34)49(44)50-43-26-13-12-24-40(43)46(33-45(50)51)52(37-21-8-3-9-22-37)38-29-30-42-41-25-14-15-27-47(41)53-48(42)32-38/h1-33H. The van der Waals surface area contributed by atoms with Gasteiger partial charge in [-0.2, -0.15) is 0 Å². The Morgan fingerprint density at radius 3 is 1.66 bits per heavy atom. The second kappa shape index (κ2) is 11.6. The molecule has 0 saturated carbocycles. The minimum atomic E-state index is -0.568. The summed E-state index contributed by atoms with van der Waals surface area (Å²) < 4.78 is 6.48. The molecule has 0 spiro atoms. The maximum atomic E-state index is 6.48. The summed E-state index contributed by atoms with van der Waals surface area (Å²) in [6.07, 6.45) is 0. The lowest BCUT2D eigenvalue weighted by atomic mass is 9.67. The van der Waals surface area contributed by atoms with E-state index in [0.717, 1.165) is 39.0 Å². The fourth-order valence-corrected chi connectivity index (χ4v) is 9.13. The first-order chi connectivity index (χ1) is 26.3. The zero-order valence-electron chi connectivity index (χ0n) is 28.9. The van der Waals surface area contributed by atoms with Crippen molar-refractivity contribution in [1.29, 1.82) is 0 Å². The molecule has 9 aromatic carbocycles. The molecule has 2 nitrogen and oxygen atoms in total. The highest BCUT2D eigenvalue weighted by Gasteiger charge is 2.48. The average Bonchev–Trinajstić information content (AvgIpc) is 3.76. The molecule has 1 heterocycles. The third-order valence-electron chi connectivity index (χ3n) is 11.3. The van der Waals surface area contributed by atoms with E-state index in [1.165, 1.54) is 54.9 Å². The van der Waals surface area contributed by atoms with Crippen LogP contribution in [0.5, 0.6) is 0 Å². The van der Waals surface area contributed by atoms with Crippen LogP contribution in [0.15, 0.2) is 205 Å². The van der Waals surface area contributed by atoms with Crippen molar-refractivity contribution in [3.63, 3.8) is 0 Å². The van der Waals surface area contributed by atoms with Crippen LogP contribution >= 0.6 is 0 Å². The monoisotopic (exact) mass is 675 g/mol. The number of fused-ring (bicyclic) bond motifs is 10. The quantitative estimate of drug-likeness (QED) is 0.181. The smallest absolute Gasteiger partial charge is 0.137 e. The van der Waals surface area contributed by atoms with Crippen molar-refractivity contribution in [3.8, 4) is 11.1 Å². The number of rotatable bonds is 5. The topological polar surface area (TPSA) is 16.4 Å². The van der Waals surface area contributed by atoms with Crippen LogP contribution < -0.4 is 4.90 Å². The van der Waals surface area contributed by atoms with Crippen LogP contribution in [0.2, 0.25) is 0 Å². The van der Waals surface area contributed by atoms with Gasteiger partial charge in [-0.05, 0) is 85.9 Å². The molecule has 1 aliphatic carbocycles. The van der Waals surface area contributed by atoms with Crippen molar-refractivity contribution in [2.45, 2.75) is 5.41 Å². The Balaban J connectivity index is 1.30. The van der Waals surface area contributed by atoms with Crippen molar-refractivity contribution >= 4 is 60.5 Å². The van der Waals surface area contributed by atoms with Crippen LogP contribution in [0.4, 0.5) is 17.1 Å². The molecule has 53 heavy (non-hydrogen) atoms. The van der Waals surface area contributed by atoms with Crippen molar-refractivity contribution in [2.24, 2.45) is 0 Å². The highest BCUT2D eigenvalue weighted by Crippen LogP contribution is 2.61. The van der Waals surface area contributed by atoms with Crippen LogP contribution in [-0.2, 0) is 5.41 Å². The fraction of sp³-hybridized carbons (Fsp3) is 0.0196. The van der Waals surface area contributed by atoms with E-state index >= 15 is 0 Å². The molecule has 0 bridgehead atoms. The Morgan fingerprint density at radius 2 is 0.925 bits per heavy atom. The largest absolute Gasteiger partial charge is 0.456 e.